The van der Waals surface area contributed by atoms with Gasteiger partial charge in [-0.3, -0.25) is 4.79 Å². The van der Waals surface area contributed by atoms with Crippen molar-refractivity contribution in [3.8, 4) is 0 Å². The van der Waals surface area contributed by atoms with E-state index in [1.54, 1.807) is 6.20 Å². The average Bonchev–Trinajstić information content (AvgIpc) is 3.06. The van der Waals surface area contributed by atoms with Gasteiger partial charge in [0, 0.05) is 31.2 Å². The predicted octanol–water partition coefficient (Wildman–Crippen LogP) is 2.61. The molecule has 1 aliphatic rings. The molecule has 0 aliphatic carbocycles. The highest BCUT2D eigenvalue weighted by Crippen LogP contribution is 2.32. The molecule has 2 aromatic rings. The van der Waals surface area contributed by atoms with Gasteiger partial charge in [0.05, 0.1) is 12.3 Å². The smallest absolute Gasteiger partial charge is 0.149 e. The van der Waals surface area contributed by atoms with Crippen LogP contribution in [0.4, 0.5) is 5.69 Å². The Balaban J connectivity index is 1.76. The average molecular weight is 269 g/mol. The number of hydrogen-bond donors (Lipinski definition) is 1. The summed E-state index contributed by atoms with van der Waals surface area (Å²) < 4.78 is 2.08. The van der Waals surface area contributed by atoms with Gasteiger partial charge in [-0.15, -0.1) is 0 Å². The quantitative estimate of drug-likeness (QED) is 0.907. The van der Waals surface area contributed by atoms with Crippen LogP contribution < -0.4 is 5.32 Å². The molecule has 4 nitrogen and oxygen atoms in total. The molecule has 0 radical (unpaired) electrons. The predicted molar refractivity (Wildman–Crippen MR) is 78.9 cm³/mol. The highest BCUT2D eigenvalue weighted by Gasteiger charge is 2.28. The molecule has 0 saturated carbocycles. The number of aromatic nitrogens is 2. The Morgan fingerprint density at radius 3 is 3.15 bits per heavy atom. The molecule has 104 valence electrons. The number of Topliss-reactive ketones (excluding diaryl/α,β-unsaturated/α-hetero) is 1. The molecule has 1 unspecified atom stereocenters. The maximum absolute atomic E-state index is 12.5. The topological polar surface area (TPSA) is 46.9 Å². The number of carbonyl (C=O) groups is 1. The molecule has 4 heteroatoms. The molecule has 1 aliphatic heterocycles. The molecule has 3 rings (SSSR count). The van der Waals surface area contributed by atoms with E-state index in [2.05, 4.69) is 21.8 Å². The lowest BCUT2D eigenvalue weighted by Crippen LogP contribution is -2.19. The van der Waals surface area contributed by atoms with Gasteiger partial charge in [0.2, 0.25) is 0 Å². The van der Waals surface area contributed by atoms with Crippen molar-refractivity contribution in [1.82, 2.24) is 9.55 Å². The van der Waals surface area contributed by atoms with Crippen LogP contribution in [0.2, 0.25) is 0 Å². The van der Waals surface area contributed by atoms with E-state index in [0.29, 0.717) is 13.0 Å². The third kappa shape index (κ3) is 2.33. The van der Waals surface area contributed by atoms with Crippen molar-refractivity contribution in [2.45, 2.75) is 32.2 Å². The normalized spacial score (nSPS) is 16.8. The minimum absolute atomic E-state index is 0.0435. The van der Waals surface area contributed by atoms with Gasteiger partial charge in [0.15, 0.2) is 0 Å². The van der Waals surface area contributed by atoms with Gasteiger partial charge in [0.1, 0.15) is 11.6 Å². The molecule has 1 aromatic carbocycles. The summed E-state index contributed by atoms with van der Waals surface area (Å²) in [5.74, 6) is 1.07. The number of aryl methyl sites for hydroxylation is 1. The van der Waals surface area contributed by atoms with E-state index in [-0.39, 0.29) is 11.7 Å². The molecule has 0 saturated heterocycles. The van der Waals surface area contributed by atoms with E-state index in [1.807, 2.05) is 30.5 Å². The number of hydrogen-bond acceptors (Lipinski definition) is 3. The number of benzene rings is 1. The third-order valence-electron chi connectivity index (χ3n) is 3.82. The lowest BCUT2D eigenvalue weighted by atomic mass is 9.95. The van der Waals surface area contributed by atoms with Crippen molar-refractivity contribution in [1.29, 1.82) is 0 Å². The number of anilines is 1. The maximum Gasteiger partial charge on any atom is 0.149 e. The van der Waals surface area contributed by atoms with Gasteiger partial charge in [-0.1, -0.05) is 25.1 Å². The first-order chi connectivity index (χ1) is 9.79. The highest BCUT2D eigenvalue weighted by molar-refractivity contribution is 5.90. The van der Waals surface area contributed by atoms with Crippen LogP contribution in [0.15, 0.2) is 36.7 Å². The summed E-state index contributed by atoms with van der Waals surface area (Å²) in [6.45, 7) is 3.75. The second-order valence-corrected chi connectivity index (χ2v) is 5.20. The van der Waals surface area contributed by atoms with Gasteiger partial charge >= 0.3 is 0 Å². The molecule has 1 atom stereocenters. The van der Waals surface area contributed by atoms with Crippen molar-refractivity contribution in [2.75, 3.05) is 11.9 Å². The Labute approximate surface area is 118 Å². The fourth-order valence-electron chi connectivity index (χ4n) is 2.80. The van der Waals surface area contributed by atoms with Gasteiger partial charge in [-0.05, 0) is 18.1 Å². The molecule has 0 amide bonds. The SMILES string of the molecule is CCCn1ccnc1CC(=O)C1CNc2ccccc21. The summed E-state index contributed by atoms with van der Waals surface area (Å²) in [5.41, 5.74) is 2.20. The number of para-hydroxylation sites is 1. The largest absolute Gasteiger partial charge is 0.384 e. The molecule has 1 N–H and O–H groups in total. The zero-order valence-corrected chi connectivity index (χ0v) is 11.7. The first-order valence-corrected chi connectivity index (χ1v) is 7.15. The van der Waals surface area contributed by atoms with Crippen molar-refractivity contribution in [3.63, 3.8) is 0 Å². The van der Waals surface area contributed by atoms with Crippen molar-refractivity contribution < 1.29 is 4.79 Å². The van der Waals surface area contributed by atoms with Crippen molar-refractivity contribution in [3.05, 3.63) is 48.0 Å². The van der Waals surface area contributed by atoms with Crippen molar-refractivity contribution >= 4 is 11.5 Å². The van der Waals surface area contributed by atoms with E-state index in [1.165, 1.54) is 0 Å². The van der Waals surface area contributed by atoms with Crippen LogP contribution in [-0.2, 0) is 17.8 Å². The first-order valence-electron chi connectivity index (χ1n) is 7.15. The van der Waals surface area contributed by atoms with Crippen LogP contribution in [0.5, 0.6) is 0 Å². The number of carbonyl (C=O) groups excluding carboxylic acids is 1. The summed E-state index contributed by atoms with van der Waals surface area (Å²) in [4.78, 5) is 16.9. The van der Waals surface area contributed by atoms with Crippen LogP contribution in [0, 0.1) is 0 Å². The molecule has 2 heterocycles. The molecular weight excluding hydrogens is 250 g/mol. The molecule has 0 fully saturated rings. The molecule has 1 aromatic heterocycles. The number of ketones is 1. The van der Waals surface area contributed by atoms with E-state index in [4.69, 9.17) is 0 Å². The Bertz CT molecular complexity index is 618. The number of fused-ring (bicyclic) bond motifs is 1. The van der Waals surface area contributed by atoms with Gasteiger partial charge in [0.25, 0.3) is 0 Å². The third-order valence-corrected chi connectivity index (χ3v) is 3.82. The standard InChI is InChI=1S/C16H19N3O/c1-2-8-19-9-7-17-16(19)10-15(20)13-11-18-14-6-4-3-5-12(13)14/h3-7,9,13,18H,2,8,10-11H2,1H3. The minimum atomic E-state index is -0.0435. The van der Waals surface area contributed by atoms with Crippen LogP contribution in [0.1, 0.15) is 30.7 Å². The van der Waals surface area contributed by atoms with E-state index < -0.39 is 0 Å². The minimum Gasteiger partial charge on any atom is -0.384 e. The number of rotatable bonds is 5. The molecular formula is C16H19N3O. The lowest BCUT2D eigenvalue weighted by molar-refractivity contribution is -0.119. The molecule has 0 spiro atoms. The van der Waals surface area contributed by atoms with E-state index in [0.717, 1.165) is 30.0 Å². The summed E-state index contributed by atoms with van der Waals surface area (Å²) >= 11 is 0. The summed E-state index contributed by atoms with van der Waals surface area (Å²) in [7, 11) is 0. The van der Waals surface area contributed by atoms with Gasteiger partial charge < -0.3 is 9.88 Å². The van der Waals surface area contributed by atoms with Gasteiger partial charge in [-0.2, -0.15) is 0 Å². The molecule has 20 heavy (non-hydrogen) atoms. The summed E-state index contributed by atoms with van der Waals surface area (Å²) in [5, 5.41) is 3.30. The number of nitrogens with one attached hydrogen (secondary N) is 1. The van der Waals surface area contributed by atoms with Gasteiger partial charge in [-0.25, -0.2) is 4.98 Å². The first kappa shape index (κ1) is 12.9. The maximum atomic E-state index is 12.5. The second-order valence-electron chi connectivity index (χ2n) is 5.20. The van der Waals surface area contributed by atoms with E-state index in [9.17, 15) is 4.79 Å². The van der Waals surface area contributed by atoms with Crippen LogP contribution >= 0.6 is 0 Å². The second kappa shape index (κ2) is 5.49. The zero-order chi connectivity index (χ0) is 13.9. The Morgan fingerprint density at radius 2 is 2.30 bits per heavy atom. The Kier molecular flexibility index (Phi) is 3.54. The van der Waals surface area contributed by atoms with Crippen LogP contribution in [-0.4, -0.2) is 21.9 Å². The number of imidazole rings is 1. The summed E-state index contributed by atoms with van der Waals surface area (Å²) in [6, 6.07) is 8.05. The van der Waals surface area contributed by atoms with E-state index >= 15 is 0 Å². The van der Waals surface area contributed by atoms with Crippen molar-refractivity contribution in [2.24, 2.45) is 0 Å². The zero-order valence-electron chi connectivity index (χ0n) is 11.7. The molecule has 0 bridgehead atoms. The Morgan fingerprint density at radius 1 is 1.45 bits per heavy atom. The number of nitrogens with zero attached hydrogens (tertiary/aromatic N) is 2. The summed E-state index contributed by atoms with van der Waals surface area (Å²) in [6.07, 6.45) is 5.19. The Hall–Kier alpha value is -2.10. The van der Waals surface area contributed by atoms with Crippen LogP contribution in [0.3, 0.4) is 0 Å². The monoisotopic (exact) mass is 269 g/mol. The fourth-order valence-corrected chi connectivity index (χ4v) is 2.80. The highest BCUT2D eigenvalue weighted by atomic mass is 16.1. The lowest BCUT2D eigenvalue weighted by Gasteiger charge is -2.10. The van der Waals surface area contributed by atoms with Crippen LogP contribution in [0.25, 0.3) is 0 Å². The fraction of sp³-hybridized carbons (Fsp3) is 0.375.